The molecule has 1 aliphatic rings. The van der Waals surface area contributed by atoms with Gasteiger partial charge in [-0.15, -0.1) is 0 Å². The quantitative estimate of drug-likeness (QED) is 0.440. The van der Waals surface area contributed by atoms with E-state index >= 15 is 0 Å². The van der Waals surface area contributed by atoms with Gasteiger partial charge < -0.3 is 0 Å². The minimum Gasteiger partial charge on any atom is -0.243 e. The van der Waals surface area contributed by atoms with Gasteiger partial charge >= 0.3 is 0 Å². The zero-order valence-electron chi connectivity index (χ0n) is 5.97. The number of hydrogen-bond acceptors (Lipinski definition) is 0. The van der Waals surface area contributed by atoms with Crippen LogP contribution in [0.3, 0.4) is 0 Å². The molecule has 1 heteroatoms. The Balaban J connectivity index is 2.54. The predicted molar refractivity (Wildman–Crippen MR) is 37.0 cm³/mol. The van der Waals surface area contributed by atoms with Crippen LogP contribution in [0.1, 0.15) is 20.3 Å². The van der Waals surface area contributed by atoms with E-state index < -0.39 is 6.17 Å². The van der Waals surface area contributed by atoms with Crippen LogP contribution < -0.4 is 0 Å². The first-order valence-electron chi connectivity index (χ1n) is 3.52. The standard InChI is InChI=1S/C8H13F/c1-6-3-4-8(9)5-7(6)2/h3-4,6-8H,5H2,1-2H3. The molecular weight excluding hydrogens is 115 g/mol. The largest absolute Gasteiger partial charge is 0.243 e. The van der Waals surface area contributed by atoms with E-state index in [0.717, 1.165) is 0 Å². The van der Waals surface area contributed by atoms with Crippen LogP contribution in [0, 0.1) is 11.8 Å². The lowest BCUT2D eigenvalue weighted by atomic mass is 9.86. The molecule has 0 aliphatic heterocycles. The molecule has 0 aromatic rings. The third-order valence-electron chi connectivity index (χ3n) is 2.12. The van der Waals surface area contributed by atoms with Crippen molar-refractivity contribution in [2.75, 3.05) is 0 Å². The Bertz CT molecular complexity index is 118. The summed E-state index contributed by atoms with van der Waals surface area (Å²) < 4.78 is 12.5. The molecular formula is C8H13F. The van der Waals surface area contributed by atoms with E-state index in [2.05, 4.69) is 13.8 Å². The van der Waals surface area contributed by atoms with E-state index in [0.29, 0.717) is 18.3 Å². The first-order chi connectivity index (χ1) is 4.20. The van der Waals surface area contributed by atoms with E-state index in [1.165, 1.54) is 0 Å². The van der Waals surface area contributed by atoms with Gasteiger partial charge in [0.05, 0.1) is 0 Å². The summed E-state index contributed by atoms with van der Waals surface area (Å²) in [6.45, 7) is 4.23. The Morgan fingerprint density at radius 3 is 2.44 bits per heavy atom. The van der Waals surface area contributed by atoms with Crippen molar-refractivity contribution in [1.29, 1.82) is 0 Å². The van der Waals surface area contributed by atoms with Gasteiger partial charge in [0, 0.05) is 0 Å². The average Bonchev–Trinajstić information content (AvgIpc) is 1.80. The number of rotatable bonds is 0. The number of alkyl halides is 1. The maximum absolute atomic E-state index is 12.5. The van der Waals surface area contributed by atoms with E-state index in [1.807, 2.05) is 6.08 Å². The van der Waals surface area contributed by atoms with Gasteiger partial charge in [0.2, 0.25) is 0 Å². The molecule has 52 valence electrons. The van der Waals surface area contributed by atoms with E-state index in [1.54, 1.807) is 6.08 Å². The summed E-state index contributed by atoms with van der Waals surface area (Å²) in [6, 6.07) is 0. The van der Waals surface area contributed by atoms with Crippen LogP contribution in [0.2, 0.25) is 0 Å². The van der Waals surface area contributed by atoms with Gasteiger partial charge in [0.1, 0.15) is 6.17 Å². The van der Waals surface area contributed by atoms with Gasteiger partial charge in [0.25, 0.3) is 0 Å². The second kappa shape index (κ2) is 2.51. The van der Waals surface area contributed by atoms with Crippen molar-refractivity contribution in [3.8, 4) is 0 Å². The van der Waals surface area contributed by atoms with Crippen molar-refractivity contribution < 1.29 is 4.39 Å². The highest BCUT2D eigenvalue weighted by molar-refractivity contribution is 4.99. The molecule has 0 amide bonds. The summed E-state index contributed by atoms with van der Waals surface area (Å²) in [5, 5.41) is 0. The minimum absolute atomic E-state index is 0.519. The third-order valence-corrected chi connectivity index (χ3v) is 2.12. The van der Waals surface area contributed by atoms with Crippen molar-refractivity contribution in [2.24, 2.45) is 11.8 Å². The summed E-state index contributed by atoms with van der Waals surface area (Å²) >= 11 is 0. The maximum Gasteiger partial charge on any atom is 0.119 e. The first kappa shape index (κ1) is 6.79. The van der Waals surface area contributed by atoms with Gasteiger partial charge in [-0.3, -0.25) is 0 Å². The highest BCUT2D eigenvalue weighted by Gasteiger charge is 2.18. The van der Waals surface area contributed by atoms with Crippen LogP contribution in [0.25, 0.3) is 0 Å². The molecule has 0 aromatic carbocycles. The molecule has 1 rings (SSSR count). The number of halogens is 1. The van der Waals surface area contributed by atoms with Gasteiger partial charge in [-0.1, -0.05) is 26.0 Å². The topological polar surface area (TPSA) is 0 Å². The molecule has 9 heavy (non-hydrogen) atoms. The van der Waals surface area contributed by atoms with Crippen LogP contribution >= 0.6 is 0 Å². The molecule has 3 atom stereocenters. The highest BCUT2D eigenvalue weighted by Crippen LogP contribution is 2.24. The molecule has 1 aliphatic carbocycles. The molecule has 0 saturated heterocycles. The van der Waals surface area contributed by atoms with E-state index in [-0.39, 0.29) is 0 Å². The Hall–Kier alpha value is -0.330. The van der Waals surface area contributed by atoms with Gasteiger partial charge in [-0.2, -0.15) is 0 Å². The number of hydrogen-bond donors (Lipinski definition) is 0. The monoisotopic (exact) mass is 128 g/mol. The Morgan fingerprint density at radius 1 is 1.33 bits per heavy atom. The summed E-state index contributed by atoms with van der Waals surface area (Å²) in [4.78, 5) is 0. The fourth-order valence-electron chi connectivity index (χ4n) is 1.13. The van der Waals surface area contributed by atoms with Crippen molar-refractivity contribution in [3.63, 3.8) is 0 Å². The lowest BCUT2D eigenvalue weighted by Crippen LogP contribution is -2.15. The molecule has 0 N–H and O–H groups in total. The predicted octanol–water partition coefficient (Wildman–Crippen LogP) is 2.56. The normalized spacial score (nSPS) is 43.2. The summed E-state index contributed by atoms with van der Waals surface area (Å²) in [5.74, 6) is 1.09. The molecule has 0 heterocycles. The molecule has 0 fully saturated rings. The summed E-state index contributed by atoms with van der Waals surface area (Å²) in [6.07, 6.45) is 3.66. The SMILES string of the molecule is CC1C=CC(F)CC1C. The fraction of sp³-hybridized carbons (Fsp3) is 0.750. The molecule has 0 bridgehead atoms. The fourth-order valence-corrected chi connectivity index (χ4v) is 1.13. The molecule has 3 unspecified atom stereocenters. The highest BCUT2D eigenvalue weighted by atomic mass is 19.1. The van der Waals surface area contributed by atoms with E-state index in [4.69, 9.17) is 0 Å². The molecule has 0 radical (unpaired) electrons. The maximum atomic E-state index is 12.5. The minimum atomic E-state index is -0.684. The lowest BCUT2D eigenvalue weighted by molar-refractivity contribution is 0.279. The van der Waals surface area contributed by atoms with Crippen LogP contribution in [-0.4, -0.2) is 6.17 Å². The Kier molecular flexibility index (Phi) is 1.89. The molecule has 0 spiro atoms. The second-order valence-electron chi connectivity index (χ2n) is 2.97. The summed E-state index contributed by atoms with van der Waals surface area (Å²) in [5.41, 5.74) is 0. The smallest absolute Gasteiger partial charge is 0.119 e. The first-order valence-corrected chi connectivity index (χ1v) is 3.52. The van der Waals surface area contributed by atoms with E-state index in [9.17, 15) is 4.39 Å². The Morgan fingerprint density at radius 2 is 2.00 bits per heavy atom. The van der Waals surface area contributed by atoms with Crippen LogP contribution in [0.5, 0.6) is 0 Å². The van der Waals surface area contributed by atoms with Crippen LogP contribution in [0.15, 0.2) is 12.2 Å². The lowest BCUT2D eigenvalue weighted by Gasteiger charge is -2.21. The summed E-state index contributed by atoms with van der Waals surface area (Å²) in [7, 11) is 0. The van der Waals surface area contributed by atoms with Crippen molar-refractivity contribution in [3.05, 3.63) is 12.2 Å². The third kappa shape index (κ3) is 1.54. The van der Waals surface area contributed by atoms with Crippen molar-refractivity contribution in [2.45, 2.75) is 26.4 Å². The second-order valence-corrected chi connectivity index (χ2v) is 2.97. The molecule has 0 saturated carbocycles. The molecule has 0 nitrogen and oxygen atoms in total. The van der Waals surface area contributed by atoms with Crippen LogP contribution in [0.4, 0.5) is 4.39 Å². The van der Waals surface area contributed by atoms with Gasteiger partial charge in [0.15, 0.2) is 0 Å². The average molecular weight is 128 g/mol. The number of allylic oxidation sites excluding steroid dienone is 2. The van der Waals surface area contributed by atoms with Crippen LogP contribution in [-0.2, 0) is 0 Å². The van der Waals surface area contributed by atoms with Gasteiger partial charge in [-0.25, -0.2) is 4.39 Å². The zero-order chi connectivity index (χ0) is 6.85. The Labute approximate surface area is 55.8 Å². The van der Waals surface area contributed by atoms with Crippen molar-refractivity contribution in [1.82, 2.24) is 0 Å². The van der Waals surface area contributed by atoms with Crippen molar-refractivity contribution >= 4 is 0 Å². The molecule has 0 aromatic heterocycles. The zero-order valence-corrected chi connectivity index (χ0v) is 5.97. The van der Waals surface area contributed by atoms with Gasteiger partial charge in [-0.05, 0) is 18.3 Å².